The number of carbonyl (C=O) groups excluding carboxylic acids is 2. The maximum atomic E-state index is 13.0. The van der Waals surface area contributed by atoms with E-state index in [9.17, 15) is 18.0 Å². The summed E-state index contributed by atoms with van der Waals surface area (Å²) in [6.45, 7) is 0.104. The van der Waals surface area contributed by atoms with Gasteiger partial charge in [-0.25, -0.2) is 8.42 Å². The normalized spacial score (nSPS) is 13.1. The molecule has 33 heavy (non-hydrogen) atoms. The third-order valence-electron chi connectivity index (χ3n) is 5.27. The molecule has 0 aliphatic carbocycles. The summed E-state index contributed by atoms with van der Waals surface area (Å²) in [7, 11) is -2.33. The largest absolute Gasteiger partial charge is 0.482 e. The molecule has 0 spiro atoms. The molecule has 0 saturated carbocycles. The zero-order valence-electron chi connectivity index (χ0n) is 18.0. The average molecular weight is 466 g/mol. The fourth-order valence-electron chi connectivity index (χ4n) is 3.51. The topological polar surface area (TPSA) is 96.0 Å². The lowest BCUT2D eigenvalue weighted by molar-refractivity contribution is -0.121. The number of nitrogens with zero attached hydrogens (tertiary/aromatic N) is 2. The first kappa shape index (κ1) is 22.3. The second-order valence-corrected chi connectivity index (χ2v) is 9.41. The fourth-order valence-corrected chi connectivity index (χ4v) is 4.75. The summed E-state index contributed by atoms with van der Waals surface area (Å²) in [5.74, 6) is 0.0363. The van der Waals surface area contributed by atoms with Crippen molar-refractivity contribution in [2.45, 2.75) is 11.3 Å². The first-order valence-electron chi connectivity index (χ1n) is 10.3. The van der Waals surface area contributed by atoms with Crippen molar-refractivity contribution in [3.8, 4) is 5.75 Å². The standard InChI is InChI=1S/C24H23N3O5S/c1-26(19-9-3-2-4-10-19)33(30,31)20-11-7-8-18(16-20)25-23(28)14-15-27-21-12-5-6-13-22(21)32-17-24(27)29/h2-13,16H,14-15,17H2,1H3,(H,25,28). The number of fused-ring (bicyclic) bond motifs is 1. The van der Waals surface area contributed by atoms with Crippen LogP contribution in [0.2, 0.25) is 0 Å². The summed E-state index contributed by atoms with van der Waals surface area (Å²) in [6, 6.07) is 22.0. The van der Waals surface area contributed by atoms with Gasteiger partial charge in [0.1, 0.15) is 5.75 Å². The lowest BCUT2D eigenvalue weighted by Crippen LogP contribution is -2.40. The highest BCUT2D eigenvalue weighted by atomic mass is 32.2. The number of rotatable bonds is 7. The number of nitrogens with one attached hydrogen (secondary N) is 1. The number of ether oxygens (including phenoxy) is 1. The van der Waals surface area contributed by atoms with Crippen LogP contribution in [0.5, 0.6) is 5.75 Å². The molecule has 170 valence electrons. The summed E-state index contributed by atoms with van der Waals surface area (Å²) < 4.78 is 32.6. The van der Waals surface area contributed by atoms with E-state index in [-0.39, 0.29) is 36.3 Å². The number of hydrogen-bond donors (Lipinski definition) is 1. The molecule has 0 bridgehead atoms. The Bertz CT molecular complexity index is 1280. The fraction of sp³-hybridized carbons (Fsp3) is 0.167. The number of hydrogen-bond acceptors (Lipinski definition) is 5. The van der Waals surface area contributed by atoms with Gasteiger partial charge in [-0.05, 0) is 42.5 Å². The van der Waals surface area contributed by atoms with Crippen LogP contribution in [0.1, 0.15) is 6.42 Å². The minimum atomic E-state index is -3.81. The van der Waals surface area contributed by atoms with Crippen LogP contribution in [-0.2, 0) is 19.6 Å². The van der Waals surface area contributed by atoms with Crippen molar-refractivity contribution in [1.29, 1.82) is 0 Å². The third kappa shape index (κ3) is 4.83. The second-order valence-electron chi connectivity index (χ2n) is 7.44. The minimum absolute atomic E-state index is 0.0426. The van der Waals surface area contributed by atoms with Crippen LogP contribution < -0.4 is 19.3 Å². The molecule has 0 aromatic heterocycles. The highest BCUT2D eigenvalue weighted by Gasteiger charge is 2.26. The number of benzene rings is 3. The highest BCUT2D eigenvalue weighted by molar-refractivity contribution is 7.92. The molecule has 1 N–H and O–H groups in total. The summed E-state index contributed by atoms with van der Waals surface area (Å²) in [6.07, 6.45) is 0.0426. The van der Waals surface area contributed by atoms with E-state index in [1.165, 1.54) is 28.4 Å². The van der Waals surface area contributed by atoms with Gasteiger partial charge in [0.05, 0.1) is 16.3 Å². The van der Waals surface area contributed by atoms with Crippen molar-refractivity contribution in [3.63, 3.8) is 0 Å². The molecule has 0 fully saturated rings. The third-order valence-corrected chi connectivity index (χ3v) is 7.05. The van der Waals surface area contributed by atoms with Gasteiger partial charge in [-0.2, -0.15) is 0 Å². The van der Waals surface area contributed by atoms with Crippen molar-refractivity contribution in [2.24, 2.45) is 0 Å². The van der Waals surface area contributed by atoms with Crippen molar-refractivity contribution >= 4 is 38.9 Å². The van der Waals surface area contributed by atoms with Crippen LogP contribution in [0.15, 0.2) is 83.8 Å². The number of carbonyl (C=O) groups is 2. The summed E-state index contributed by atoms with van der Waals surface area (Å²) in [5, 5.41) is 2.72. The molecule has 9 heteroatoms. The first-order valence-corrected chi connectivity index (χ1v) is 11.8. The van der Waals surface area contributed by atoms with E-state index in [1.54, 1.807) is 54.6 Å². The second kappa shape index (κ2) is 9.33. The van der Waals surface area contributed by atoms with Crippen molar-refractivity contribution in [1.82, 2.24) is 0 Å². The van der Waals surface area contributed by atoms with E-state index in [4.69, 9.17) is 4.74 Å². The number of anilines is 3. The van der Waals surface area contributed by atoms with Crippen molar-refractivity contribution in [3.05, 3.63) is 78.9 Å². The molecule has 2 amide bonds. The average Bonchev–Trinajstić information content (AvgIpc) is 2.83. The van der Waals surface area contributed by atoms with E-state index < -0.39 is 10.0 Å². The highest BCUT2D eigenvalue weighted by Crippen LogP contribution is 2.31. The van der Waals surface area contributed by atoms with E-state index in [0.29, 0.717) is 22.8 Å². The Morgan fingerprint density at radius 3 is 2.55 bits per heavy atom. The SMILES string of the molecule is CN(c1ccccc1)S(=O)(=O)c1cccc(NC(=O)CCN2C(=O)COc3ccccc32)c1. The van der Waals surface area contributed by atoms with Crippen molar-refractivity contribution < 1.29 is 22.7 Å². The molecule has 0 saturated heterocycles. The van der Waals surface area contributed by atoms with Crippen LogP contribution in [0, 0.1) is 0 Å². The molecule has 3 aromatic rings. The Balaban J connectivity index is 1.44. The van der Waals surface area contributed by atoms with Crippen LogP contribution in [0.25, 0.3) is 0 Å². The Morgan fingerprint density at radius 1 is 1.03 bits per heavy atom. The Morgan fingerprint density at radius 2 is 1.76 bits per heavy atom. The molecule has 3 aromatic carbocycles. The number of sulfonamides is 1. The van der Waals surface area contributed by atoms with E-state index in [2.05, 4.69) is 5.32 Å². The molecule has 0 unspecified atom stereocenters. The maximum Gasteiger partial charge on any atom is 0.265 e. The van der Waals surface area contributed by atoms with Gasteiger partial charge in [-0.1, -0.05) is 36.4 Å². The van der Waals surface area contributed by atoms with Crippen molar-refractivity contribution in [2.75, 3.05) is 34.7 Å². The molecule has 1 aliphatic heterocycles. The van der Waals surface area contributed by atoms with Crippen LogP contribution in [0.3, 0.4) is 0 Å². The smallest absolute Gasteiger partial charge is 0.265 e. The Kier molecular flexibility index (Phi) is 6.32. The van der Waals surface area contributed by atoms with Gasteiger partial charge in [0.2, 0.25) is 5.91 Å². The molecule has 1 heterocycles. The molecule has 0 radical (unpaired) electrons. The van der Waals surface area contributed by atoms with E-state index >= 15 is 0 Å². The molecular weight excluding hydrogens is 442 g/mol. The first-order chi connectivity index (χ1) is 15.9. The molecule has 1 aliphatic rings. The predicted octanol–water partition coefficient (Wildman–Crippen LogP) is 3.27. The van der Waals surface area contributed by atoms with Gasteiger partial charge < -0.3 is 15.0 Å². The number of amides is 2. The van der Waals surface area contributed by atoms with Gasteiger partial charge >= 0.3 is 0 Å². The van der Waals surface area contributed by atoms with Gasteiger partial charge in [0.25, 0.3) is 15.9 Å². The van der Waals surface area contributed by atoms with Gasteiger partial charge in [-0.3, -0.25) is 13.9 Å². The molecule has 8 nitrogen and oxygen atoms in total. The van der Waals surface area contributed by atoms with Gasteiger partial charge in [0.15, 0.2) is 6.61 Å². The lowest BCUT2D eigenvalue weighted by atomic mass is 10.2. The molecule has 4 rings (SSSR count). The zero-order valence-corrected chi connectivity index (χ0v) is 18.8. The lowest BCUT2D eigenvalue weighted by Gasteiger charge is -2.29. The van der Waals surface area contributed by atoms with Crippen LogP contribution >= 0.6 is 0 Å². The van der Waals surface area contributed by atoms with Crippen LogP contribution in [-0.4, -0.2) is 40.4 Å². The van der Waals surface area contributed by atoms with Gasteiger partial charge in [-0.15, -0.1) is 0 Å². The molecule has 0 atom stereocenters. The summed E-state index contributed by atoms with van der Waals surface area (Å²) in [4.78, 5) is 26.4. The quantitative estimate of drug-likeness (QED) is 0.578. The monoisotopic (exact) mass is 465 g/mol. The minimum Gasteiger partial charge on any atom is -0.482 e. The summed E-state index contributed by atoms with van der Waals surface area (Å²) >= 11 is 0. The summed E-state index contributed by atoms with van der Waals surface area (Å²) in [5.41, 5.74) is 1.51. The Hall–Kier alpha value is -3.85. The van der Waals surface area contributed by atoms with Crippen LogP contribution in [0.4, 0.5) is 17.1 Å². The molecular formula is C24H23N3O5S. The number of para-hydroxylation sites is 3. The predicted molar refractivity (Wildman–Crippen MR) is 126 cm³/mol. The maximum absolute atomic E-state index is 13.0. The Labute approximate surface area is 192 Å². The van der Waals surface area contributed by atoms with E-state index in [0.717, 1.165) is 0 Å². The van der Waals surface area contributed by atoms with E-state index in [1.807, 2.05) is 12.1 Å². The van der Waals surface area contributed by atoms with Gasteiger partial charge in [0, 0.05) is 25.7 Å². The zero-order chi connectivity index (χ0) is 23.4.